The van der Waals surface area contributed by atoms with Crippen LogP contribution in [0.25, 0.3) is 0 Å². The quantitative estimate of drug-likeness (QED) is 0.868. The van der Waals surface area contributed by atoms with E-state index in [1.54, 1.807) is 0 Å². The molecule has 1 aliphatic heterocycles. The first-order valence-electron chi connectivity index (χ1n) is 8.23. The molecule has 1 fully saturated rings. The van der Waals surface area contributed by atoms with Gasteiger partial charge in [-0.3, -0.25) is 4.79 Å². The largest absolute Gasteiger partial charge is 0.354 e. The Kier molecular flexibility index (Phi) is 5.50. The van der Waals surface area contributed by atoms with Crippen molar-refractivity contribution in [2.45, 2.75) is 51.5 Å². The van der Waals surface area contributed by atoms with Crippen molar-refractivity contribution in [3.8, 4) is 0 Å². The predicted octanol–water partition coefficient (Wildman–Crippen LogP) is 2.68. The Hall–Kier alpha value is -1.36. The van der Waals surface area contributed by atoms with Crippen LogP contribution >= 0.6 is 0 Å². The molecule has 5 heteroatoms. The van der Waals surface area contributed by atoms with Gasteiger partial charge in [-0.25, -0.2) is 8.42 Å². The predicted molar refractivity (Wildman–Crippen MR) is 93.1 cm³/mol. The van der Waals surface area contributed by atoms with Crippen molar-refractivity contribution in [1.29, 1.82) is 0 Å². The van der Waals surface area contributed by atoms with Gasteiger partial charge in [0.1, 0.15) is 0 Å². The monoisotopic (exact) mass is 337 g/mol. The molecule has 0 unspecified atom stereocenters. The zero-order chi connectivity index (χ0) is 17.1. The van der Waals surface area contributed by atoms with Crippen LogP contribution in [0.2, 0.25) is 0 Å². The van der Waals surface area contributed by atoms with Crippen molar-refractivity contribution in [1.82, 2.24) is 5.32 Å². The molecular weight excluding hydrogens is 310 g/mol. The fourth-order valence-electron chi connectivity index (χ4n) is 3.45. The van der Waals surface area contributed by atoms with E-state index in [2.05, 4.69) is 31.3 Å². The molecule has 2 rings (SSSR count). The normalized spacial score (nSPS) is 21.8. The maximum atomic E-state index is 12.1. The Morgan fingerprint density at radius 1 is 1.30 bits per heavy atom. The van der Waals surface area contributed by atoms with Gasteiger partial charge >= 0.3 is 0 Å². The van der Waals surface area contributed by atoms with Gasteiger partial charge in [-0.1, -0.05) is 44.2 Å². The minimum atomic E-state index is -2.91. The molecule has 1 heterocycles. The summed E-state index contributed by atoms with van der Waals surface area (Å²) in [5, 5.41) is 3.03. The summed E-state index contributed by atoms with van der Waals surface area (Å²) in [6.45, 7) is 6.36. The number of amides is 1. The van der Waals surface area contributed by atoms with Crippen LogP contribution in [0.15, 0.2) is 30.3 Å². The van der Waals surface area contributed by atoms with Gasteiger partial charge in [0, 0.05) is 12.5 Å². The molecule has 2 atom stereocenters. The van der Waals surface area contributed by atoms with Crippen LogP contribution in [-0.2, 0) is 20.0 Å². The molecule has 1 N–H and O–H groups in total. The lowest BCUT2D eigenvalue weighted by atomic mass is 9.79. The minimum Gasteiger partial charge on any atom is -0.354 e. The Morgan fingerprint density at radius 3 is 2.52 bits per heavy atom. The van der Waals surface area contributed by atoms with Gasteiger partial charge in [0.05, 0.1) is 11.5 Å². The van der Waals surface area contributed by atoms with Crippen molar-refractivity contribution >= 4 is 15.7 Å². The van der Waals surface area contributed by atoms with Gasteiger partial charge in [0.2, 0.25) is 5.91 Å². The second-order valence-electron chi connectivity index (χ2n) is 7.40. The fourth-order valence-corrected chi connectivity index (χ4v) is 5.31. The number of benzene rings is 1. The summed E-state index contributed by atoms with van der Waals surface area (Å²) in [5.74, 6) is 0.323. The van der Waals surface area contributed by atoms with Crippen molar-refractivity contribution in [3.05, 3.63) is 35.9 Å². The van der Waals surface area contributed by atoms with Crippen LogP contribution in [0.5, 0.6) is 0 Å². The van der Waals surface area contributed by atoms with Crippen molar-refractivity contribution in [2.24, 2.45) is 5.92 Å². The summed E-state index contributed by atoms with van der Waals surface area (Å²) in [4.78, 5) is 12.1. The van der Waals surface area contributed by atoms with Crippen LogP contribution in [0, 0.1) is 5.92 Å². The lowest BCUT2D eigenvalue weighted by molar-refractivity contribution is -0.122. The van der Waals surface area contributed by atoms with Gasteiger partial charge < -0.3 is 5.32 Å². The molecule has 1 aliphatic rings. The Morgan fingerprint density at radius 2 is 1.96 bits per heavy atom. The average molecular weight is 337 g/mol. The number of carbonyl (C=O) groups is 1. The van der Waals surface area contributed by atoms with E-state index < -0.39 is 9.84 Å². The first-order valence-corrected chi connectivity index (χ1v) is 10.1. The van der Waals surface area contributed by atoms with Crippen LogP contribution in [-0.4, -0.2) is 31.9 Å². The molecule has 128 valence electrons. The molecular formula is C18H27NO3S. The van der Waals surface area contributed by atoms with Crippen molar-refractivity contribution in [2.75, 3.05) is 11.5 Å². The molecule has 1 aromatic rings. The van der Waals surface area contributed by atoms with E-state index in [4.69, 9.17) is 0 Å². The van der Waals surface area contributed by atoms with Crippen LogP contribution in [0.3, 0.4) is 0 Å². The highest BCUT2D eigenvalue weighted by atomic mass is 32.2. The van der Waals surface area contributed by atoms with Gasteiger partial charge in [0.25, 0.3) is 0 Å². The van der Waals surface area contributed by atoms with Crippen molar-refractivity contribution < 1.29 is 13.2 Å². The van der Waals surface area contributed by atoms with Crippen LogP contribution in [0.1, 0.15) is 45.6 Å². The molecule has 1 amide bonds. The molecule has 0 bridgehead atoms. The summed E-state index contributed by atoms with van der Waals surface area (Å²) in [5.41, 5.74) is 1.23. The Labute approximate surface area is 139 Å². The molecule has 0 aliphatic carbocycles. The van der Waals surface area contributed by atoms with Gasteiger partial charge in [-0.05, 0) is 36.7 Å². The maximum Gasteiger partial charge on any atom is 0.220 e. The topological polar surface area (TPSA) is 63.2 Å². The number of hydrogen-bond donors (Lipinski definition) is 1. The van der Waals surface area contributed by atoms with Gasteiger partial charge in [0.15, 0.2) is 9.84 Å². The van der Waals surface area contributed by atoms with Crippen molar-refractivity contribution in [3.63, 3.8) is 0 Å². The first-order chi connectivity index (χ1) is 10.7. The number of hydrogen-bond acceptors (Lipinski definition) is 3. The third-order valence-corrected chi connectivity index (χ3v) is 6.42. The average Bonchev–Trinajstić information content (AvgIpc) is 2.77. The smallest absolute Gasteiger partial charge is 0.220 e. The molecule has 0 aromatic heterocycles. The molecule has 0 radical (unpaired) electrons. The number of sulfone groups is 1. The molecule has 0 spiro atoms. The molecule has 23 heavy (non-hydrogen) atoms. The number of rotatable bonds is 6. The van der Waals surface area contributed by atoms with Gasteiger partial charge in [-0.2, -0.15) is 0 Å². The minimum absolute atomic E-state index is 0.0191. The summed E-state index contributed by atoms with van der Waals surface area (Å²) < 4.78 is 22.9. The number of nitrogens with one attached hydrogen (secondary N) is 1. The maximum absolute atomic E-state index is 12.1. The first kappa shape index (κ1) is 18.0. The lowest BCUT2D eigenvalue weighted by Gasteiger charge is -2.29. The molecule has 1 aromatic carbocycles. The highest BCUT2D eigenvalue weighted by Crippen LogP contribution is 2.28. The van der Waals surface area contributed by atoms with Gasteiger partial charge in [-0.15, -0.1) is 0 Å². The Balaban J connectivity index is 1.84. The van der Waals surface area contributed by atoms with Crippen LogP contribution < -0.4 is 5.32 Å². The molecule has 0 saturated carbocycles. The highest BCUT2D eigenvalue weighted by molar-refractivity contribution is 7.91. The molecule has 4 nitrogen and oxygen atoms in total. The summed E-state index contributed by atoms with van der Waals surface area (Å²) in [6.07, 6.45) is 1.76. The summed E-state index contributed by atoms with van der Waals surface area (Å²) >= 11 is 0. The van der Waals surface area contributed by atoms with E-state index in [1.165, 1.54) is 5.56 Å². The zero-order valence-electron chi connectivity index (χ0n) is 14.2. The summed E-state index contributed by atoms with van der Waals surface area (Å²) in [7, 11) is -2.91. The summed E-state index contributed by atoms with van der Waals surface area (Å²) in [6, 6.07) is 10.3. The van der Waals surface area contributed by atoms with Crippen LogP contribution in [0.4, 0.5) is 0 Å². The third kappa shape index (κ3) is 5.34. The fraction of sp³-hybridized carbons (Fsp3) is 0.611. The third-order valence-electron chi connectivity index (χ3n) is 4.58. The highest BCUT2D eigenvalue weighted by Gasteiger charge is 2.30. The standard InChI is InChI=1S/C18H27NO3S/c1-14(12-18(2,3)16-7-5-4-6-8-16)19-17(20)11-15-9-10-23(21,22)13-15/h4-8,14-15H,9-13H2,1-3H3,(H,19,20)/t14-,15-/m1/s1. The molecule has 1 saturated heterocycles. The van der Waals surface area contributed by atoms with E-state index >= 15 is 0 Å². The Bertz CT molecular complexity index is 637. The van der Waals surface area contributed by atoms with E-state index in [0.717, 1.165) is 6.42 Å². The SMILES string of the molecule is C[C@H](CC(C)(C)c1ccccc1)NC(=O)C[C@H]1CCS(=O)(=O)C1. The zero-order valence-corrected chi connectivity index (χ0v) is 15.0. The second-order valence-corrected chi connectivity index (χ2v) is 9.62. The van der Waals surface area contributed by atoms with E-state index in [9.17, 15) is 13.2 Å². The second kappa shape index (κ2) is 7.04. The van der Waals surface area contributed by atoms with E-state index in [1.807, 2.05) is 25.1 Å². The van der Waals surface area contributed by atoms with E-state index in [0.29, 0.717) is 12.8 Å². The number of carbonyl (C=O) groups excluding carboxylic acids is 1. The lowest BCUT2D eigenvalue weighted by Crippen LogP contribution is -2.38. The van der Waals surface area contributed by atoms with E-state index in [-0.39, 0.29) is 34.8 Å².